The molecule has 0 radical (unpaired) electrons. The lowest BCUT2D eigenvalue weighted by Gasteiger charge is -2.18. The number of hydrogen-bond donors (Lipinski definition) is 2. The summed E-state index contributed by atoms with van der Waals surface area (Å²) in [4.78, 5) is 34.9. The van der Waals surface area contributed by atoms with Gasteiger partial charge in [-0.1, -0.05) is 30.3 Å². The Morgan fingerprint density at radius 3 is 2.47 bits per heavy atom. The van der Waals surface area contributed by atoms with Crippen LogP contribution < -0.4 is 10.6 Å². The van der Waals surface area contributed by atoms with E-state index in [9.17, 15) is 28.1 Å². The third kappa shape index (κ3) is 6.68. The molecule has 0 aliphatic carbocycles. The Morgan fingerprint density at radius 1 is 1.13 bits per heavy atom. The van der Waals surface area contributed by atoms with E-state index >= 15 is 0 Å². The summed E-state index contributed by atoms with van der Waals surface area (Å²) in [7, 11) is -3.96. The van der Waals surface area contributed by atoms with Crippen LogP contribution in [0.15, 0.2) is 54.6 Å². The lowest BCUT2D eigenvalue weighted by Crippen LogP contribution is -2.50. The molecule has 2 aromatic carbocycles. The van der Waals surface area contributed by atoms with Gasteiger partial charge in [-0.25, -0.2) is 8.42 Å². The predicted molar refractivity (Wildman–Crippen MR) is 107 cm³/mol. The second-order valence-electron chi connectivity index (χ2n) is 6.25. The highest BCUT2D eigenvalue weighted by Crippen LogP contribution is 2.16. The molecule has 2 amide bonds. The van der Waals surface area contributed by atoms with Gasteiger partial charge in [0.2, 0.25) is 5.91 Å². The molecular weight excluding hydrogens is 412 g/mol. The van der Waals surface area contributed by atoms with Crippen molar-refractivity contribution in [1.29, 1.82) is 5.26 Å². The van der Waals surface area contributed by atoms with Crippen molar-refractivity contribution in [1.82, 2.24) is 10.6 Å². The summed E-state index contributed by atoms with van der Waals surface area (Å²) in [5.74, 6) is -2.79. The van der Waals surface area contributed by atoms with Crippen molar-refractivity contribution in [3.63, 3.8) is 0 Å². The van der Waals surface area contributed by atoms with Gasteiger partial charge in [0, 0.05) is 17.7 Å². The Balaban J connectivity index is 2.20. The van der Waals surface area contributed by atoms with E-state index in [0.29, 0.717) is 0 Å². The zero-order valence-corrected chi connectivity index (χ0v) is 16.5. The van der Waals surface area contributed by atoms with Crippen molar-refractivity contribution < 1.29 is 22.9 Å². The number of sulfone groups is 1. The molecule has 1 atom stereocenters. The number of carbonyl (C=O) groups is 2. The second-order valence-corrected chi connectivity index (χ2v) is 8.36. The smallest absolute Gasteiger partial charge is 0.269 e. The number of nitro benzene ring substituents is 1. The van der Waals surface area contributed by atoms with Gasteiger partial charge in [-0.3, -0.25) is 19.7 Å². The lowest BCUT2D eigenvalue weighted by molar-refractivity contribution is -0.384. The molecule has 2 rings (SSSR count). The minimum absolute atomic E-state index is 0.176. The number of nitrogens with zero attached hydrogens (tertiary/aromatic N) is 2. The van der Waals surface area contributed by atoms with E-state index in [-0.39, 0.29) is 23.4 Å². The van der Waals surface area contributed by atoms with Crippen LogP contribution in [0.2, 0.25) is 0 Å². The third-order valence-electron chi connectivity index (χ3n) is 3.93. The zero-order valence-electron chi connectivity index (χ0n) is 15.6. The summed E-state index contributed by atoms with van der Waals surface area (Å²) in [5.41, 5.74) is 0.143. The van der Waals surface area contributed by atoms with Gasteiger partial charge in [-0.05, 0) is 17.7 Å². The molecule has 2 aromatic rings. The maximum atomic E-state index is 12.6. The Kier molecular flexibility index (Phi) is 7.60. The molecular formula is C19H18N4O6S. The molecule has 11 heteroatoms. The topological polar surface area (TPSA) is 159 Å². The van der Waals surface area contributed by atoms with Crippen LogP contribution in [0.3, 0.4) is 0 Å². The molecule has 0 aromatic heterocycles. The maximum absolute atomic E-state index is 12.6. The predicted octanol–water partition coefficient (Wildman–Crippen LogP) is 0.948. The first kappa shape index (κ1) is 22.5. The van der Waals surface area contributed by atoms with E-state index in [2.05, 4.69) is 10.6 Å². The van der Waals surface area contributed by atoms with Gasteiger partial charge in [0.1, 0.15) is 12.6 Å². The van der Waals surface area contributed by atoms with Crippen molar-refractivity contribution in [3.05, 3.63) is 75.8 Å². The summed E-state index contributed by atoms with van der Waals surface area (Å²) >= 11 is 0. The first-order chi connectivity index (χ1) is 14.2. The van der Waals surface area contributed by atoms with Crippen LogP contribution in [0.5, 0.6) is 0 Å². The monoisotopic (exact) mass is 430 g/mol. The molecule has 1 unspecified atom stereocenters. The zero-order chi connectivity index (χ0) is 22.1. The molecule has 0 fully saturated rings. The quantitative estimate of drug-likeness (QED) is 0.340. The molecule has 10 nitrogen and oxygen atoms in total. The molecule has 0 saturated heterocycles. The Morgan fingerprint density at radius 2 is 1.83 bits per heavy atom. The number of rotatable bonds is 9. The molecule has 0 heterocycles. The Hall–Kier alpha value is -3.78. The van der Waals surface area contributed by atoms with Crippen molar-refractivity contribution in [2.75, 3.05) is 12.3 Å². The van der Waals surface area contributed by atoms with Crippen LogP contribution in [0.25, 0.3) is 0 Å². The number of carbonyl (C=O) groups excluding carboxylic acids is 2. The summed E-state index contributed by atoms with van der Waals surface area (Å²) in [5, 5.41) is 24.1. The van der Waals surface area contributed by atoms with Gasteiger partial charge in [-0.15, -0.1) is 0 Å². The summed E-state index contributed by atoms with van der Waals surface area (Å²) < 4.78 is 25.2. The van der Waals surface area contributed by atoms with Crippen molar-refractivity contribution in [3.8, 4) is 6.07 Å². The van der Waals surface area contributed by atoms with Gasteiger partial charge >= 0.3 is 0 Å². The Labute approximate surface area is 172 Å². The molecule has 0 spiro atoms. The van der Waals surface area contributed by atoms with Gasteiger partial charge in [-0.2, -0.15) is 5.26 Å². The fourth-order valence-electron chi connectivity index (χ4n) is 2.59. The van der Waals surface area contributed by atoms with Gasteiger partial charge in [0.15, 0.2) is 9.84 Å². The molecule has 156 valence electrons. The molecule has 0 aliphatic rings. The van der Waals surface area contributed by atoms with Gasteiger partial charge in [0.05, 0.1) is 22.5 Å². The fourth-order valence-corrected chi connectivity index (χ4v) is 4.14. The number of nitriles is 1. The van der Waals surface area contributed by atoms with E-state index in [4.69, 9.17) is 5.26 Å². The standard InChI is InChI=1S/C19H18N4O6S/c20-9-10-21-19(25)17(22-18(24)15-6-2-1-3-7-15)13-30(28,29)12-14-5-4-8-16(11-14)23(26)27/h1-8,11,17H,10,12-13H2,(H,21,25)(H,22,24). The summed E-state index contributed by atoms with van der Waals surface area (Å²) in [6.45, 7) is -0.360. The lowest BCUT2D eigenvalue weighted by atomic mass is 10.2. The number of amides is 2. The summed E-state index contributed by atoms with van der Waals surface area (Å²) in [6, 6.07) is 13.3. The average molecular weight is 430 g/mol. The van der Waals surface area contributed by atoms with E-state index < -0.39 is 44.1 Å². The second kappa shape index (κ2) is 10.1. The third-order valence-corrected chi connectivity index (χ3v) is 5.54. The van der Waals surface area contributed by atoms with Crippen LogP contribution in [-0.4, -0.2) is 43.5 Å². The van der Waals surface area contributed by atoms with Crippen LogP contribution in [0.1, 0.15) is 15.9 Å². The number of hydrogen-bond acceptors (Lipinski definition) is 7. The molecule has 0 saturated carbocycles. The van der Waals surface area contributed by atoms with Crippen LogP contribution in [0.4, 0.5) is 5.69 Å². The highest BCUT2D eigenvalue weighted by Gasteiger charge is 2.28. The highest BCUT2D eigenvalue weighted by atomic mass is 32.2. The van der Waals surface area contributed by atoms with Gasteiger partial charge < -0.3 is 10.6 Å². The largest absolute Gasteiger partial charge is 0.341 e. The average Bonchev–Trinajstić information content (AvgIpc) is 2.71. The SMILES string of the molecule is N#CCNC(=O)C(CS(=O)(=O)Cc1cccc([N+](=O)[O-])c1)NC(=O)c1ccccc1. The molecule has 0 aliphatic heterocycles. The first-order valence-electron chi connectivity index (χ1n) is 8.66. The summed E-state index contributed by atoms with van der Waals surface area (Å²) in [6.07, 6.45) is 0. The minimum Gasteiger partial charge on any atom is -0.341 e. The minimum atomic E-state index is -3.96. The first-order valence-corrected chi connectivity index (χ1v) is 10.5. The van der Waals surface area contributed by atoms with Crippen molar-refractivity contribution in [2.24, 2.45) is 0 Å². The van der Waals surface area contributed by atoms with Crippen LogP contribution in [-0.2, 0) is 20.4 Å². The van der Waals surface area contributed by atoms with Crippen LogP contribution in [0, 0.1) is 21.4 Å². The number of non-ortho nitro benzene ring substituents is 1. The normalized spacial score (nSPS) is 11.7. The maximum Gasteiger partial charge on any atom is 0.269 e. The van der Waals surface area contributed by atoms with E-state index in [1.165, 1.54) is 30.3 Å². The number of benzene rings is 2. The van der Waals surface area contributed by atoms with Crippen molar-refractivity contribution >= 4 is 27.3 Å². The highest BCUT2D eigenvalue weighted by molar-refractivity contribution is 7.90. The molecule has 30 heavy (non-hydrogen) atoms. The fraction of sp³-hybridized carbons (Fsp3) is 0.211. The van der Waals surface area contributed by atoms with Crippen molar-refractivity contribution in [2.45, 2.75) is 11.8 Å². The number of nitrogens with one attached hydrogen (secondary N) is 2. The van der Waals surface area contributed by atoms with E-state index in [0.717, 1.165) is 6.07 Å². The van der Waals surface area contributed by atoms with Gasteiger partial charge in [0.25, 0.3) is 11.6 Å². The van der Waals surface area contributed by atoms with Crippen LogP contribution >= 0.6 is 0 Å². The van der Waals surface area contributed by atoms with E-state index in [1.54, 1.807) is 24.3 Å². The number of nitro groups is 1. The molecule has 0 bridgehead atoms. The van der Waals surface area contributed by atoms with E-state index in [1.807, 2.05) is 0 Å². The Bertz CT molecular complexity index is 1080. The molecule has 2 N–H and O–H groups in total.